The van der Waals surface area contributed by atoms with Crippen LogP contribution in [0.3, 0.4) is 0 Å². The largest absolute Gasteiger partial charge is 0.354 e. The van der Waals surface area contributed by atoms with Gasteiger partial charge in [-0.05, 0) is 65.8 Å². The van der Waals surface area contributed by atoms with Crippen molar-refractivity contribution in [3.8, 4) is 0 Å². The average molecular weight is 626 g/mol. The molecule has 1 atom stereocenters. The third-order valence-electron chi connectivity index (χ3n) is 7.88. The van der Waals surface area contributed by atoms with Crippen LogP contribution in [0.25, 0.3) is 0 Å². The summed E-state index contributed by atoms with van der Waals surface area (Å²) >= 11 is 0. The topological polar surface area (TPSA) is 86.8 Å². The van der Waals surface area contributed by atoms with Crippen LogP contribution in [0, 0.1) is 6.92 Å². The second-order valence-electron chi connectivity index (χ2n) is 11.5. The molecule has 0 spiro atoms. The number of rotatable bonds is 14. The Morgan fingerprint density at radius 1 is 0.800 bits per heavy atom. The van der Waals surface area contributed by atoms with Gasteiger partial charge in [0, 0.05) is 19.5 Å². The van der Waals surface area contributed by atoms with Crippen LogP contribution >= 0.6 is 0 Å². The number of nitrogens with one attached hydrogen (secondary N) is 1. The van der Waals surface area contributed by atoms with Crippen LogP contribution < -0.4 is 9.62 Å². The Morgan fingerprint density at radius 2 is 1.40 bits per heavy atom. The van der Waals surface area contributed by atoms with Crippen molar-refractivity contribution < 1.29 is 18.0 Å². The molecule has 0 saturated carbocycles. The molecule has 0 radical (unpaired) electrons. The molecule has 1 N–H and O–H groups in total. The van der Waals surface area contributed by atoms with E-state index in [9.17, 15) is 18.0 Å². The van der Waals surface area contributed by atoms with E-state index in [1.807, 2.05) is 80.6 Å². The molecule has 0 aliphatic carbocycles. The zero-order valence-electron chi connectivity index (χ0n) is 26.5. The quantitative estimate of drug-likeness (QED) is 0.174. The van der Waals surface area contributed by atoms with Crippen LogP contribution in [-0.4, -0.2) is 44.3 Å². The molecule has 7 nitrogen and oxygen atoms in total. The van der Waals surface area contributed by atoms with Crippen molar-refractivity contribution in [2.75, 3.05) is 17.4 Å². The Kier molecular flexibility index (Phi) is 11.5. The first-order chi connectivity index (χ1) is 21.6. The monoisotopic (exact) mass is 625 g/mol. The number of carbonyl (C=O) groups is 2. The SMILES string of the molecule is CCCNC(=O)[C@@H](Cc1ccccc1)N(Cc1ccccc1C)C(=O)CN(c1ccc(C(C)C)cc1)S(=O)(=O)c1ccccc1. The van der Waals surface area contributed by atoms with Crippen LogP contribution in [0.5, 0.6) is 0 Å². The number of hydrogen-bond donors (Lipinski definition) is 1. The average Bonchev–Trinajstić information content (AvgIpc) is 3.05. The van der Waals surface area contributed by atoms with Gasteiger partial charge in [0.05, 0.1) is 10.6 Å². The predicted molar refractivity (Wildman–Crippen MR) is 180 cm³/mol. The molecule has 4 aromatic rings. The molecule has 2 amide bonds. The molecule has 0 bridgehead atoms. The smallest absolute Gasteiger partial charge is 0.264 e. The number of carbonyl (C=O) groups excluding carboxylic acids is 2. The summed E-state index contributed by atoms with van der Waals surface area (Å²) in [6, 6.07) is 31.8. The fourth-order valence-corrected chi connectivity index (χ4v) is 6.60. The van der Waals surface area contributed by atoms with Gasteiger partial charge in [-0.3, -0.25) is 13.9 Å². The third kappa shape index (κ3) is 8.60. The van der Waals surface area contributed by atoms with Crippen LogP contribution in [0.4, 0.5) is 5.69 Å². The first-order valence-corrected chi connectivity index (χ1v) is 16.9. The molecule has 0 heterocycles. The van der Waals surface area contributed by atoms with Gasteiger partial charge in [0.15, 0.2) is 0 Å². The summed E-state index contributed by atoms with van der Waals surface area (Å²) < 4.78 is 29.4. The maximum Gasteiger partial charge on any atom is 0.264 e. The molecular weight excluding hydrogens is 582 g/mol. The maximum atomic E-state index is 14.5. The van der Waals surface area contributed by atoms with Gasteiger partial charge in [0.2, 0.25) is 11.8 Å². The van der Waals surface area contributed by atoms with Crippen molar-refractivity contribution in [1.82, 2.24) is 10.2 Å². The summed E-state index contributed by atoms with van der Waals surface area (Å²) in [5.74, 6) is -0.496. The number of amides is 2. The molecule has 8 heteroatoms. The highest BCUT2D eigenvalue weighted by Crippen LogP contribution is 2.27. The Hall–Kier alpha value is -4.43. The van der Waals surface area contributed by atoms with Gasteiger partial charge in [-0.15, -0.1) is 0 Å². The van der Waals surface area contributed by atoms with E-state index in [-0.39, 0.29) is 29.7 Å². The van der Waals surface area contributed by atoms with Crippen LogP contribution in [0.2, 0.25) is 0 Å². The first-order valence-electron chi connectivity index (χ1n) is 15.4. The summed E-state index contributed by atoms with van der Waals surface area (Å²) in [4.78, 5) is 29.9. The van der Waals surface area contributed by atoms with Crippen LogP contribution in [-0.2, 0) is 32.6 Å². The second-order valence-corrected chi connectivity index (χ2v) is 13.4. The van der Waals surface area contributed by atoms with E-state index in [2.05, 4.69) is 19.2 Å². The molecular formula is C37H43N3O4S. The molecule has 4 rings (SSSR count). The Bertz CT molecular complexity index is 1660. The van der Waals surface area contributed by atoms with Gasteiger partial charge < -0.3 is 10.2 Å². The highest BCUT2D eigenvalue weighted by molar-refractivity contribution is 7.92. The lowest BCUT2D eigenvalue weighted by Gasteiger charge is -2.34. The fraction of sp³-hybridized carbons (Fsp3) is 0.297. The summed E-state index contributed by atoms with van der Waals surface area (Å²) in [6.45, 7) is 8.20. The van der Waals surface area contributed by atoms with E-state index < -0.39 is 28.5 Å². The van der Waals surface area contributed by atoms with Gasteiger partial charge in [0.1, 0.15) is 12.6 Å². The summed E-state index contributed by atoms with van der Waals surface area (Å²) in [6.07, 6.45) is 1.02. The standard InChI is InChI=1S/C37H43N3O4S/c1-5-24-38-37(42)35(25-30-15-8-6-9-16-30)39(26-32-17-13-12-14-29(32)4)36(41)27-40(33-22-20-31(21-23-33)28(2)3)45(43,44)34-18-10-7-11-19-34/h6-23,28,35H,5,24-27H2,1-4H3,(H,38,42)/t35-/m1/s1. The number of benzene rings is 4. The number of sulfonamides is 1. The van der Waals surface area contributed by atoms with E-state index in [0.717, 1.165) is 33.0 Å². The summed E-state index contributed by atoms with van der Waals surface area (Å²) in [5, 5.41) is 2.98. The fourth-order valence-electron chi connectivity index (χ4n) is 5.16. The van der Waals surface area contributed by atoms with Gasteiger partial charge in [-0.2, -0.15) is 0 Å². The number of anilines is 1. The van der Waals surface area contributed by atoms with E-state index in [1.165, 1.54) is 17.0 Å². The molecule has 0 aliphatic heterocycles. The van der Waals surface area contributed by atoms with Gasteiger partial charge in [-0.25, -0.2) is 8.42 Å². The normalized spacial score (nSPS) is 12.0. The summed E-state index contributed by atoms with van der Waals surface area (Å²) in [5.41, 5.74) is 4.18. The van der Waals surface area contributed by atoms with E-state index in [0.29, 0.717) is 12.2 Å². The summed E-state index contributed by atoms with van der Waals surface area (Å²) in [7, 11) is -4.13. The van der Waals surface area contributed by atoms with Gasteiger partial charge in [0.25, 0.3) is 10.0 Å². The number of hydrogen-bond acceptors (Lipinski definition) is 4. The Morgan fingerprint density at radius 3 is 2.00 bits per heavy atom. The third-order valence-corrected chi connectivity index (χ3v) is 9.67. The van der Waals surface area contributed by atoms with Gasteiger partial charge >= 0.3 is 0 Å². The molecule has 0 saturated heterocycles. The van der Waals surface area contributed by atoms with Crippen molar-refractivity contribution >= 4 is 27.5 Å². The molecule has 0 fully saturated rings. The van der Waals surface area contributed by atoms with Crippen molar-refractivity contribution in [2.45, 2.75) is 63.9 Å². The molecule has 4 aromatic carbocycles. The molecule has 0 aromatic heterocycles. The minimum absolute atomic E-state index is 0.0812. The lowest BCUT2D eigenvalue weighted by molar-refractivity contribution is -0.140. The van der Waals surface area contributed by atoms with Crippen molar-refractivity contribution in [3.05, 3.63) is 131 Å². The van der Waals surface area contributed by atoms with Crippen molar-refractivity contribution in [2.24, 2.45) is 0 Å². The van der Waals surface area contributed by atoms with E-state index >= 15 is 0 Å². The lowest BCUT2D eigenvalue weighted by atomic mass is 10.0. The predicted octanol–water partition coefficient (Wildman–Crippen LogP) is 6.48. The minimum Gasteiger partial charge on any atom is -0.354 e. The molecule has 0 aliphatic rings. The van der Waals surface area contributed by atoms with Crippen LogP contribution in [0.15, 0.2) is 114 Å². The molecule has 45 heavy (non-hydrogen) atoms. The first kappa shape index (κ1) is 33.5. The lowest BCUT2D eigenvalue weighted by Crippen LogP contribution is -2.53. The number of nitrogens with zero attached hydrogens (tertiary/aromatic N) is 2. The highest BCUT2D eigenvalue weighted by Gasteiger charge is 2.34. The van der Waals surface area contributed by atoms with E-state index in [4.69, 9.17) is 0 Å². The maximum absolute atomic E-state index is 14.5. The Balaban J connectivity index is 1.80. The second kappa shape index (κ2) is 15.5. The van der Waals surface area contributed by atoms with Crippen molar-refractivity contribution in [3.63, 3.8) is 0 Å². The van der Waals surface area contributed by atoms with Crippen LogP contribution in [0.1, 0.15) is 55.4 Å². The molecule has 236 valence electrons. The number of aryl methyl sites for hydroxylation is 1. The van der Waals surface area contributed by atoms with Gasteiger partial charge in [-0.1, -0.05) is 106 Å². The van der Waals surface area contributed by atoms with E-state index in [1.54, 1.807) is 30.3 Å². The Labute approximate surface area is 268 Å². The minimum atomic E-state index is -4.13. The zero-order chi connectivity index (χ0) is 32.4. The zero-order valence-corrected chi connectivity index (χ0v) is 27.3. The highest BCUT2D eigenvalue weighted by atomic mass is 32.2. The van der Waals surface area contributed by atoms with Crippen molar-refractivity contribution in [1.29, 1.82) is 0 Å². The molecule has 0 unspecified atom stereocenters.